The Hall–Kier alpha value is -1.10. The summed E-state index contributed by atoms with van der Waals surface area (Å²) in [6.45, 7) is 1.82. The van der Waals surface area contributed by atoms with E-state index < -0.39 is 23.9 Å². The number of nitrogens with two attached hydrogens (primary N) is 1. The fourth-order valence-corrected chi connectivity index (χ4v) is 0.972. The Kier molecular flexibility index (Phi) is 4.28. The molecule has 12 heavy (non-hydrogen) atoms. The maximum Gasteiger partial charge on any atom is 0.319 e. The summed E-state index contributed by atoms with van der Waals surface area (Å²) in [7, 11) is 0. The molecule has 0 saturated heterocycles. The molecule has 0 aliphatic heterocycles. The van der Waals surface area contributed by atoms with Crippen molar-refractivity contribution in [1.29, 1.82) is 0 Å². The molecule has 0 heterocycles. The number of rotatable bonds is 5. The van der Waals surface area contributed by atoms with Crippen LogP contribution in [0.2, 0.25) is 0 Å². The highest BCUT2D eigenvalue weighted by atomic mass is 16.4. The van der Waals surface area contributed by atoms with E-state index >= 15 is 0 Å². The summed E-state index contributed by atoms with van der Waals surface area (Å²) in [5, 5.41) is 17.0. The molecule has 0 aromatic heterocycles. The SMILES string of the molecule is CCC[C@H](N)C(C(=O)O)C(=O)O. The van der Waals surface area contributed by atoms with E-state index in [-0.39, 0.29) is 0 Å². The van der Waals surface area contributed by atoms with Gasteiger partial charge in [-0.2, -0.15) is 0 Å². The van der Waals surface area contributed by atoms with Crippen LogP contribution in [0, 0.1) is 5.92 Å². The van der Waals surface area contributed by atoms with Crippen molar-refractivity contribution in [3.05, 3.63) is 0 Å². The van der Waals surface area contributed by atoms with Crippen LogP contribution in [0.15, 0.2) is 0 Å². The molecule has 0 saturated carbocycles. The molecule has 0 unspecified atom stereocenters. The predicted octanol–water partition coefficient (Wildman–Crippen LogP) is -0.101. The number of hydrogen-bond acceptors (Lipinski definition) is 3. The molecule has 0 spiro atoms. The lowest BCUT2D eigenvalue weighted by atomic mass is 9.97. The van der Waals surface area contributed by atoms with E-state index in [1.807, 2.05) is 6.92 Å². The van der Waals surface area contributed by atoms with Crippen LogP contribution in [0.3, 0.4) is 0 Å². The van der Waals surface area contributed by atoms with Gasteiger partial charge in [-0.25, -0.2) is 0 Å². The highest BCUT2D eigenvalue weighted by Gasteiger charge is 2.31. The lowest BCUT2D eigenvalue weighted by molar-refractivity contribution is -0.155. The zero-order valence-corrected chi connectivity index (χ0v) is 6.86. The van der Waals surface area contributed by atoms with E-state index in [1.54, 1.807) is 0 Å². The van der Waals surface area contributed by atoms with E-state index in [9.17, 15) is 9.59 Å². The van der Waals surface area contributed by atoms with Gasteiger partial charge in [-0.15, -0.1) is 0 Å². The van der Waals surface area contributed by atoms with Gasteiger partial charge in [0.05, 0.1) is 0 Å². The third-order valence-electron chi connectivity index (χ3n) is 1.58. The van der Waals surface area contributed by atoms with Gasteiger partial charge in [0.1, 0.15) is 0 Å². The molecule has 70 valence electrons. The minimum Gasteiger partial charge on any atom is -0.481 e. The van der Waals surface area contributed by atoms with Gasteiger partial charge in [0.2, 0.25) is 0 Å². The van der Waals surface area contributed by atoms with Gasteiger partial charge in [0.15, 0.2) is 5.92 Å². The van der Waals surface area contributed by atoms with Crippen molar-refractivity contribution in [2.45, 2.75) is 25.8 Å². The zero-order valence-electron chi connectivity index (χ0n) is 6.86. The van der Waals surface area contributed by atoms with Crippen LogP contribution in [-0.2, 0) is 9.59 Å². The molecular formula is C7H13NO4. The smallest absolute Gasteiger partial charge is 0.319 e. The molecule has 5 nitrogen and oxygen atoms in total. The molecule has 0 aromatic rings. The number of carboxylic acids is 2. The summed E-state index contributed by atoms with van der Waals surface area (Å²) >= 11 is 0. The predicted molar refractivity (Wildman–Crippen MR) is 41.6 cm³/mol. The summed E-state index contributed by atoms with van der Waals surface area (Å²) in [6.07, 6.45) is 1.08. The molecule has 0 fully saturated rings. The molecule has 0 aliphatic rings. The first-order valence-electron chi connectivity index (χ1n) is 3.71. The van der Waals surface area contributed by atoms with Crippen LogP contribution in [0.1, 0.15) is 19.8 Å². The Morgan fingerprint density at radius 1 is 1.33 bits per heavy atom. The Bertz CT molecular complexity index is 166. The third-order valence-corrected chi connectivity index (χ3v) is 1.58. The highest BCUT2D eigenvalue weighted by Crippen LogP contribution is 2.07. The van der Waals surface area contributed by atoms with E-state index in [0.29, 0.717) is 12.8 Å². The molecule has 0 aromatic carbocycles. The van der Waals surface area contributed by atoms with Gasteiger partial charge in [0, 0.05) is 6.04 Å². The number of carboxylic acid groups (broad SMARTS) is 2. The Balaban J connectivity index is 4.29. The summed E-state index contributed by atoms with van der Waals surface area (Å²) in [6, 6.07) is -0.801. The zero-order chi connectivity index (χ0) is 9.72. The van der Waals surface area contributed by atoms with E-state index in [0.717, 1.165) is 0 Å². The fourth-order valence-electron chi connectivity index (χ4n) is 0.972. The average molecular weight is 175 g/mol. The Labute approximate surface area is 70.2 Å². The Morgan fingerprint density at radius 3 is 2.00 bits per heavy atom. The lowest BCUT2D eigenvalue weighted by Gasteiger charge is -2.14. The van der Waals surface area contributed by atoms with E-state index in [4.69, 9.17) is 15.9 Å². The topological polar surface area (TPSA) is 101 Å². The van der Waals surface area contributed by atoms with Crippen LogP contribution in [0.5, 0.6) is 0 Å². The van der Waals surface area contributed by atoms with Crippen molar-refractivity contribution < 1.29 is 19.8 Å². The lowest BCUT2D eigenvalue weighted by Crippen LogP contribution is -2.40. The second-order valence-electron chi connectivity index (χ2n) is 2.61. The second kappa shape index (κ2) is 4.71. The molecule has 1 atom stereocenters. The molecule has 0 amide bonds. The largest absolute Gasteiger partial charge is 0.481 e. The van der Waals surface area contributed by atoms with Crippen LogP contribution in [-0.4, -0.2) is 28.2 Å². The summed E-state index contributed by atoms with van der Waals surface area (Å²) < 4.78 is 0. The standard InChI is InChI=1S/C7H13NO4/c1-2-3-4(8)5(6(9)10)7(11)12/h4-5H,2-3,8H2,1H3,(H,9,10)(H,11,12)/t4-/m0/s1. The van der Waals surface area contributed by atoms with Gasteiger partial charge in [0.25, 0.3) is 0 Å². The highest BCUT2D eigenvalue weighted by molar-refractivity contribution is 5.93. The normalized spacial score (nSPS) is 12.9. The second-order valence-corrected chi connectivity index (χ2v) is 2.61. The number of carbonyl (C=O) groups is 2. The first-order valence-corrected chi connectivity index (χ1v) is 3.71. The van der Waals surface area contributed by atoms with E-state index in [2.05, 4.69) is 0 Å². The molecule has 0 radical (unpaired) electrons. The van der Waals surface area contributed by atoms with Crippen LogP contribution in [0.4, 0.5) is 0 Å². The van der Waals surface area contributed by atoms with Gasteiger partial charge >= 0.3 is 11.9 Å². The first-order chi connectivity index (χ1) is 5.50. The quantitative estimate of drug-likeness (QED) is 0.506. The molecule has 0 rings (SSSR count). The van der Waals surface area contributed by atoms with Crippen molar-refractivity contribution in [3.63, 3.8) is 0 Å². The first kappa shape index (κ1) is 10.9. The van der Waals surface area contributed by atoms with Gasteiger partial charge in [-0.3, -0.25) is 9.59 Å². The van der Waals surface area contributed by atoms with Crippen LogP contribution < -0.4 is 5.73 Å². The van der Waals surface area contributed by atoms with Crippen molar-refractivity contribution in [1.82, 2.24) is 0 Å². The van der Waals surface area contributed by atoms with Gasteiger partial charge in [-0.1, -0.05) is 13.3 Å². The number of aliphatic carboxylic acids is 2. The van der Waals surface area contributed by atoms with Crippen LogP contribution >= 0.6 is 0 Å². The van der Waals surface area contributed by atoms with Gasteiger partial charge < -0.3 is 15.9 Å². The van der Waals surface area contributed by atoms with E-state index in [1.165, 1.54) is 0 Å². The molecule has 4 N–H and O–H groups in total. The summed E-state index contributed by atoms with van der Waals surface area (Å²) in [4.78, 5) is 20.8. The molecule has 0 bridgehead atoms. The summed E-state index contributed by atoms with van der Waals surface area (Å²) in [5.74, 6) is -4.23. The minimum absolute atomic E-state index is 0.406. The monoisotopic (exact) mass is 175 g/mol. The molecular weight excluding hydrogens is 162 g/mol. The summed E-state index contributed by atoms with van der Waals surface area (Å²) in [5.41, 5.74) is 5.37. The average Bonchev–Trinajstić information content (AvgIpc) is 1.85. The third kappa shape index (κ3) is 2.87. The van der Waals surface area contributed by atoms with Crippen molar-refractivity contribution in [2.24, 2.45) is 11.7 Å². The maximum atomic E-state index is 10.4. The van der Waals surface area contributed by atoms with Crippen molar-refractivity contribution in [3.8, 4) is 0 Å². The minimum atomic E-state index is -1.48. The Morgan fingerprint density at radius 2 is 1.75 bits per heavy atom. The van der Waals surface area contributed by atoms with Gasteiger partial charge in [-0.05, 0) is 6.42 Å². The van der Waals surface area contributed by atoms with Crippen LogP contribution in [0.25, 0.3) is 0 Å². The maximum absolute atomic E-state index is 10.4. The fraction of sp³-hybridized carbons (Fsp3) is 0.714. The van der Waals surface area contributed by atoms with Crippen molar-refractivity contribution in [2.75, 3.05) is 0 Å². The number of hydrogen-bond donors (Lipinski definition) is 3. The molecule has 0 aliphatic carbocycles. The molecule has 5 heteroatoms. The van der Waals surface area contributed by atoms with Crippen molar-refractivity contribution >= 4 is 11.9 Å².